The van der Waals surface area contributed by atoms with Crippen molar-refractivity contribution >= 4 is 16.8 Å². The highest BCUT2D eigenvalue weighted by atomic mass is 16.1. The monoisotopic (exact) mass is 254 g/mol. The van der Waals surface area contributed by atoms with Crippen LogP contribution in [0.15, 0.2) is 30.3 Å². The zero-order valence-corrected chi connectivity index (χ0v) is 11.1. The van der Waals surface area contributed by atoms with Gasteiger partial charge in [0.15, 0.2) is 0 Å². The number of amides is 1. The topological polar surface area (TPSA) is 34.0 Å². The van der Waals surface area contributed by atoms with Gasteiger partial charge in [-0.1, -0.05) is 25.1 Å². The van der Waals surface area contributed by atoms with Gasteiger partial charge in [-0.05, 0) is 36.3 Å². The average molecular weight is 254 g/mol. The molecule has 19 heavy (non-hydrogen) atoms. The smallest absolute Gasteiger partial charge is 0.221 e. The normalized spacial score (nSPS) is 29.1. The van der Waals surface area contributed by atoms with Crippen LogP contribution < -0.4 is 5.32 Å². The Hall–Kier alpha value is -1.77. The Morgan fingerprint density at radius 1 is 1.32 bits per heavy atom. The summed E-state index contributed by atoms with van der Waals surface area (Å²) in [6, 6.07) is 10.8. The fraction of sp³-hybridized carbons (Fsp3) is 0.438. The summed E-state index contributed by atoms with van der Waals surface area (Å²) in [6.07, 6.45) is 3.01. The third-order valence-electron chi connectivity index (χ3n) is 4.82. The second-order valence-electron chi connectivity index (χ2n) is 5.82. The largest absolute Gasteiger partial charge is 0.335 e. The summed E-state index contributed by atoms with van der Waals surface area (Å²) in [5.74, 6) is 1.30. The summed E-state index contributed by atoms with van der Waals surface area (Å²) in [5.41, 5.74) is 2.63. The quantitative estimate of drug-likeness (QED) is 0.834. The van der Waals surface area contributed by atoms with Gasteiger partial charge in [0, 0.05) is 18.0 Å². The molecule has 2 bridgehead atoms. The highest BCUT2D eigenvalue weighted by Crippen LogP contribution is 2.42. The van der Waals surface area contributed by atoms with Gasteiger partial charge in [0.1, 0.15) is 6.17 Å². The number of aromatic nitrogens is 1. The fourth-order valence-electron chi connectivity index (χ4n) is 4.00. The van der Waals surface area contributed by atoms with E-state index in [1.54, 1.807) is 0 Å². The lowest BCUT2D eigenvalue weighted by atomic mass is 9.76. The second-order valence-corrected chi connectivity index (χ2v) is 5.82. The van der Waals surface area contributed by atoms with Gasteiger partial charge in [0.05, 0.1) is 5.52 Å². The standard InChI is InChI=1S/C16H18N2O/c1-2-13-11-8-12-7-10-5-3-4-6-14(10)18(12)16(13)17-15(19)9-11/h3-7,11,13,16H,2,8-9H2,1H3,(H,17,19). The van der Waals surface area contributed by atoms with Crippen molar-refractivity contribution in [2.45, 2.75) is 32.4 Å². The van der Waals surface area contributed by atoms with E-state index in [1.807, 2.05) is 0 Å². The van der Waals surface area contributed by atoms with E-state index in [0.29, 0.717) is 18.3 Å². The zero-order valence-electron chi connectivity index (χ0n) is 11.1. The lowest BCUT2D eigenvalue weighted by Crippen LogP contribution is -2.50. The minimum atomic E-state index is 0.153. The molecular formula is C16H18N2O. The van der Waals surface area contributed by atoms with Crippen LogP contribution in [0, 0.1) is 11.8 Å². The minimum absolute atomic E-state index is 0.153. The number of carbonyl (C=O) groups is 1. The molecule has 0 saturated carbocycles. The zero-order chi connectivity index (χ0) is 13.0. The third kappa shape index (κ3) is 1.47. The predicted molar refractivity (Wildman–Crippen MR) is 74.7 cm³/mol. The molecular weight excluding hydrogens is 236 g/mol. The molecule has 1 N–H and O–H groups in total. The Morgan fingerprint density at radius 2 is 2.16 bits per heavy atom. The highest BCUT2D eigenvalue weighted by molar-refractivity contribution is 5.83. The van der Waals surface area contributed by atoms with Crippen LogP contribution in [0.1, 0.15) is 31.6 Å². The number of nitrogens with zero attached hydrogens (tertiary/aromatic N) is 1. The Labute approximate surface area is 112 Å². The lowest BCUT2D eigenvalue weighted by Gasteiger charge is -2.44. The number of benzene rings is 1. The third-order valence-corrected chi connectivity index (χ3v) is 4.82. The van der Waals surface area contributed by atoms with Gasteiger partial charge in [-0.3, -0.25) is 4.79 Å². The van der Waals surface area contributed by atoms with Crippen LogP contribution in [0.3, 0.4) is 0 Å². The van der Waals surface area contributed by atoms with Crippen LogP contribution >= 0.6 is 0 Å². The molecule has 3 heteroatoms. The van der Waals surface area contributed by atoms with Crippen molar-refractivity contribution in [2.75, 3.05) is 0 Å². The van der Waals surface area contributed by atoms with Gasteiger partial charge in [-0.25, -0.2) is 0 Å². The molecule has 3 atom stereocenters. The van der Waals surface area contributed by atoms with E-state index in [9.17, 15) is 4.79 Å². The summed E-state index contributed by atoms with van der Waals surface area (Å²) in [7, 11) is 0. The van der Waals surface area contributed by atoms with E-state index in [2.05, 4.69) is 47.1 Å². The second kappa shape index (κ2) is 3.86. The Kier molecular flexibility index (Phi) is 2.25. The van der Waals surface area contributed by atoms with Crippen molar-refractivity contribution in [3.8, 4) is 0 Å². The van der Waals surface area contributed by atoms with Gasteiger partial charge in [-0.2, -0.15) is 0 Å². The Bertz CT molecular complexity index is 658. The number of nitrogens with one attached hydrogen (secondary N) is 1. The van der Waals surface area contributed by atoms with Gasteiger partial charge < -0.3 is 9.88 Å². The SMILES string of the molecule is CCC1C2CC(=O)NC1n1c(cc3ccccc31)C2. The molecule has 1 aromatic heterocycles. The molecule has 1 saturated heterocycles. The summed E-state index contributed by atoms with van der Waals surface area (Å²) < 4.78 is 2.36. The van der Waals surface area contributed by atoms with Crippen LogP contribution in [-0.4, -0.2) is 10.5 Å². The first kappa shape index (κ1) is 11.1. The van der Waals surface area contributed by atoms with E-state index in [-0.39, 0.29) is 12.1 Å². The van der Waals surface area contributed by atoms with E-state index in [1.165, 1.54) is 16.6 Å². The number of carbonyl (C=O) groups excluding carboxylic acids is 1. The first-order valence-corrected chi connectivity index (χ1v) is 7.16. The number of hydrogen-bond acceptors (Lipinski definition) is 1. The molecule has 3 heterocycles. The molecule has 98 valence electrons. The summed E-state index contributed by atoms with van der Waals surface area (Å²) in [5, 5.41) is 4.49. The van der Waals surface area contributed by atoms with Gasteiger partial charge in [-0.15, -0.1) is 0 Å². The molecule has 1 amide bonds. The maximum absolute atomic E-state index is 11.9. The van der Waals surface area contributed by atoms with E-state index >= 15 is 0 Å². The van der Waals surface area contributed by atoms with Gasteiger partial charge >= 0.3 is 0 Å². The van der Waals surface area contributed by atoms with Crippen molar-refractivity contribution < 1.29 is 4.79 Å². The lowest BCUT2D eigenvalue weighted by molar-refractivity contribution is -0.128. The van der Waals surface area contributed by atoms with Crippen LogP contribution in [0.4, 0.5) is 0 Å². The maximum atomic E-state index is 11.9. The number of rotatable bonds is 1. The Morgan fingerprint density at radius 3 is 3.00 bits per heavy atom. The number of piperidine rings is 1. The maximum Gasteiger partial charge on any atom is 0.221 e. The number of para-hydroxylation sites is 1. The van der Waals surface area contributed by atoms with E-state index in [0.717, 1.165) is 12.8 Å². The average Bonchev–Trinajstić information content (AvgIpc) is 2.75. The first-order chi connectivity index (χ1) is 9.28. The van der Waals surface area contributed by atoms with Crippen LogP contribution in [0.5, 0.6) is 0 Å². The molecule has 3 nitrogen and oxygen atoms in total. The molecule has 1 fully saturated rings. The summed E-state index contributed by atoms with van der Waals surface area (Å²) >= 11 is 0. The molecule has 2 aliphatic rings. The molecule has 0 radical (unpaired) electrons. The van der Waals surface area contributed by atoms with Crippen LogP contribution in [-0.2, 0) is 11.2 Å². The molecule has 0 aliphatic carbocycles. The van der Waals surface area contributed by atoms with E-state index in [4.69, 9.17) is 0 Å². The van der Waals surface area contributed by atoms with Crippen molar-refractivity contribution in [1.82, 2.24) is 9.88 Å². The van der Waals surface area contributed by atoms with Crippen molar-refractivity contribution in [3.05, 3.63) is 36.0 Å². The molecule has 2 aromatic rings. The molecule has 3 unspecified atom stereocenters. The Balaban J connectivity index is 1.95. The summed E-state index contributed by atoms with van der Waals surface area (Å²) in [4.78, 5) is 11.9. The molecule has 1 aromatic carbocycles. The van der Waals surface area contributed by atoms with Crippen molar-refractivity contribution in [3.63, 3.8) is 0 Å². The van der Waals surface area contributed by atoms with Gasteiger partial charge in [0.2, 0.25) is 5.91 Å². The number of fused-ring (bicyclic) bond motifs is 6. The molecule has 4 rings (SSSR count). The van der Waals surface area contributed by atoms with Gasteiger partial charge in [0.25, 0.3) is 0 Å². The van der Waals surface area contributed by atoms with Crippen molar-refractivity contribution in [2.24, 2.45) is 11.8 Å². The number of hydrogen-bond donors (Lipinski definition) is 1. The van der Waals surface area contributed by atoms with Crippen LogP contribution in [0.2, 0.25) is 0 Å². The van der Waals surface area contributed by atoms with E-state index < -0.39 is 0 Å². The highest BCUT2D eigenvalue weighted by Gasteiger charge is 2.41. The fourth-order valence-corrected chi connectivity index (χ4v) is 4.00. The van der Waals surface area contributed by atoms with Crippen LogP contribution in [0.25, 0.3) is 10.9 Å². The predicted octanol–water partition coefficient (Wildman–Crippen LogP) is 2.86. The first-order valence-electron chi connectivity index (χ1n) is 7.16. The molecule has 2 aliphatic heterocycles. The summed E-state index contributed by atoms with van der Waals surface area (Å²) in [6.45, 7) is 2.23. The minimum Gasteiger partial charge on any atom is -0.335 e. The molecule has 0 spiro atoms. The van der Waals surface area contributed by atoms with Crippen molar-refractivity contribution in [1.29, 1.82) is 0 Å².